The highest BCUT2D eigenvalue weighted by molar-refractivity contribution is 7.80. The van der Waals surface area contributed by atoms with Crippen molar-refractivity contribution in [3.63, 3.8) is 0 Å². The number of esters is 4. The first-order valence-electron chi connectivity index (χ1n) is 45.8. The van der Waals surface area contributed by atoms with Gasteiger partial charge in [-0.1, -0.05) is 85.0 Å². The van der Waals surface area contributed by atoms with Crippen molar-refractivity contribution in [2.45, 2.75) is 293 Å². The summed E-state index contributed by atoms with van der Waals surface area (Å²) >= 11 is 15.3. The molecule has 0 unspecified atom stereocenters. The molecule has 40 nitrogen and oxygen atoms in total. The van der Waals surface area contributed by atoms with E-state index in [2.05, 4.69) is 82.8 Å². The van der Waals surface area contributed by atoms with E-state index in [4.69, 9.17) is 80.0 Å². The number of rotatable bonds is 30. The van der Waals surface area contributed by atoms with Gasteiger partial charge in [0.05, 0.1) is 44.4 Å². The molecule has 14 N–H and O–H groups in total. The molecule has 14 rings (SSSR count). The quantitative estimate of drug-likeness (QED) is 0.00449. The predicted molar refractivity (Wildman–Crippen MR) is 501 cm³/mol. The van der Waals surface area contributed by atoms with Gasteiger partial charge in [-0.2, -0.15) is 18.5 Å². The summed E-state index contributed by atoms with van der Waals surface area (Å²) in [5, 5.41) is 21.5. The number of nitrogens with two attached hydrogens (primary N) is 4. The Morgan fingerprint density at radius 2 is 1.10 bits per heavy atom. The van der Waals surface area contributed by atoms with Crippen LogP contribution >= 0.6 is 35.3 Å². The molecular formula is C90H148Cl3N15O25S. The molecule has 7 saturated carbocycles. The summed E-state index contributed by atoms with van der Waals surface area (Å²) < 4.78 is 60.5. The number of nitrogens with zero attached hydrogens (tertiary/aromatic N) is 9. The molecule has 1 aromatic carbocycles. The number of halogens is 3. The van der Waals surface area contributed by atoms with Gasteiger partial charge >= 0.3 is 63.4 Å². The van der Waals surface area contributed by atoms with E-state index in [0.29, 0.717) is 150 Å². The Hall–Kier alpha value is -8.59. The Bertz CT molecular complexity index is 4380. The van der Waals surface area contributed by atoms with E-state index in [9.17, 15) is 70.7 Å². The Labute approximate surface area is 801 Å². The molecule has 2 aromatic heterocycles. The number of fused-ring (bicyclic) bond motifs is 4. The number of aliphatic hydroxyl groups is 1. The molecule has 11 fully saturated rings. The number of aryl methyl sites for hydroxylation is 1. The molecule has 11 aliphatic rings. The first kappa shape index (κ1) is 120. The van der Waals surface area contributed by atoms with Crippen molar-refractivity contribution in [1.29, 1.82) is 0 Å². The number of carbonyl (C=O) groups is 10. The smallest absolute Gasteiger partial charge is 0.418 e. The molecule has 6 heterocycles. The Kier molecular flexibility index (Phi) is 53.7. The van der Waals surface area contributed by atoms with Gasteiger partial charge in [-0.15, -0.1) is 26.7 Å². The van der Waals surface area contributed by atoms with Crippen LogP contribution in [-0.2, 0) is 89.9 Å². The lowest BCUT2D eigenvalue weighted by atomic mass is 9.72. The largest absolute Gasteiger partial charge is 0.466 e. The number of aldehydes is 1. The summed E-state index contributed by atoms with van der Waals surface area (Å²) in [5.74, 6) is 21.1. The summed E-state index contributed by atoms with van der Waals surface area (Å²) in [7, 11) is -4.76. The minimum atomic E-state index is -4.76. The molecule has 4 bridgehead atoms. The maximum Gasteiger partial charge on any atom is 0.418 e. The first-order chi connectivity index (χ1) is 62.5. The fourth-order valence-electron chi connectivity index (χ4n) is 17.1. The third kappa shape index (κ3) is 41.0. The number of hydrazine groups is 2. The summed E-state index contributed by atoms with van der Waals surface area (Å²) in [4.78, 5) is 156. The molecule has 4 aliphatic heterocycles. The standard InChI is InChI=1S/C27H37N3O6.C14H21N5O6S.C10H18O2.C10H16O2.C8H16N2O.C6H12O.C6H10O.C5H8O2.C3Cl3N3O3.CH4.H4N2.H2O/c1-27(2,3)36-25(33)20-13-19(14-20)9-11-22(31)15-28-24(32)23-12-10-21-16-29(23)26(34)30(21)35-17-18-7-5-4-6-8-18;15-9-5-8(6-9)1-4-12-16-17-13(24-12)11-3-2-10-7-18(11)14(20)19(10)25-26(21,22)23;2*1-3-12-10(11)5-4-9-6-8(2)7-9;1-6-4-7(5-6)2-3-8(11)10-9;2*1-5-2-6(3-5)4-7;1-3-5(6)7-4-2;4-7-1(10)8(5)3(12)9(6)2(7)11;;1-2;/h4-8,19-21,23H,9-17H2,1-3H3,(H,28,32);8-11H,1-7,15H2,(H,21,22,23);8-9H,3-7H2,1-2H3;4-5,8-9H,3,6-7H2,1-2H3;6-7H,2-5,9H2,1H3,(H,10,11);5-7H,2-4H2,1H3;4-6H,2-3H2,1H3;3H,1,4H2,2H3;;1H4;1-2H2;1H2/b;;;5-4+;;;;;;;;/t19?,20?,21-,23+;8?,9?,10-,11+;;;;;;;;;;/m11........../s1. The van der Waals surface area contributed by atoms with Crippen LogP contribution in [0.3, 0.4) is 0 Å². The average molecular weight is 1980 g/mol. The maximum atomic E-state index is 12.9. The molecule has 4 atom stereocenters. The van der Waals surface area contributed by atoms with E-state index in [1.54, 1.807) is 17.9 Å². The van der Waals surface area contributed by atoms with Crippen LogP contribution < -0.4 is 51.1 Å². The first-order valence-corrected chi connectivity index (χ1v) is 48.2. The van der Waals surface area contributed by atoms with Crippen molar-refractivity contribution in [2.24, 2.45) is 100 Å². The molecule has 760 valence electrons. The van der Waals surface area contributed by atoms with E-state index in [1.807, 2.05) is 71.0 Å². The SMILES string of the molecule is C.C=CC(=O)OCC.CC(C)(C)OC(=O)C1CC(CCC(=O)CNC(=O)[C@@H]2CC[C@@H]3CN2C(=O)N3OCc2ccccc2)C1.CC1CC(C=O)C1.CC1CC(CCC(=O)NN)C1.CC1CC(CO)C1.CCOC(=O)/C=C/C1CC(C)C1.CCOC(=O)CCC1CC(C)C1.NC1CC(CCc2nnc([C@@H]3CC[C@@H]4CN3C(=O)N4OS(=O)(=O)O)o2)C1.NN.O.O=c1n(Cl)c(=O)n(Cl)c(=O)n1Cl. The molecule has 134 heavy (non-hydrogen) atoms. The number of Topliss-reactive ketones (excluding diaryl/α,β-unsaturated/α-hetero) is 1. The van der Waals surface area contributed by atoms with Gasteiger partial charge < -0.3 is 59.6 Å². The van der Waals surface area contributed by atoms with Crippen LogP contribution in [0.5, 0.6) is 0 Å². The van der Waals surface area contributed by atoms with Crippen molar-refractivity contribution in [3.05, 3.63) is 104 Å². The number of hydrogen-bond acceptors (Lipinski definition) is 29. The fraction of sp³-hybridized carbons (Fsp3) is 0.722. The highest BCUT2D eigenvalue weighted by Crippen LogP contribution is 2.42. The van der Waals surface area contributed by atoms with E-state index in [0.717, 1.165) is 117 Å². The third-order valence-corrected chi connectivity index (χ3v) is 25.6. The number of piperidine rings is 2. The van der Waals surface area contributed by atoms with E-state index < -0.39 is 57.2 Å². The number of amides is 6. The van der Waals surface area contributed by atoms with Crippen LogP contribution in [0.15, 0.2) is 73.9 Å². The van der Waals surface area contributed by atoms with Gasteiger partial charge in [0.15, 0.2) is 5.78 Å². The van der Waals surface area contributed by atoms with E-state index in [1.165, 1.54) is 61.3 Å². The summed E-state index contributed by atoms with van der Waals surface area (Å²) in [6.45, 7) is 28.1. The number of allylic oxidation sites excluding steroid dienone is 1. The summed E-state index contributed by atoms with van der Waals surface area (Å²) in [6.07, 6.45) is 29.8. The number of aromatic nitrogens is 5. The van der Waals surface area contributed by atoms with E-state index >= 15 is 0 Å². The zero-order chi connectivity index (χ0) is 98.3. The Morgan fingerprint density at radius 3 is 1.57 bits per heavy atom. The number of hydroxylamine groups is 4. The second kappa shape index (κ2) is 60.2. The Morgan fingerprint density at radius 1 is 0.627 bits per heavy atom. The number of aliphatic hydroxyl groups excluding tert-OH is 1. The second-order valence-electron chi connectivity index (χ2n) is 36.8. The van der Waals surface area contributed by atoms with Gasteiger partial charge in [0.1, 0.15) is 30.6 Å². The molecule has 44 heteroatoms. The van der Waals surface area contributed by atoms with Gasteiger partial charge in [0.2, 0.25) is 23.6 Å². The van der Waals surface area contributed by atoms with Crippen molar-refractivity contribution < 1.29 is 104 Å². The van der Waals surface area contributed by atoms with Gasteiger partial charge in [-0.05, 0) is 253 Å². The number of nitrogens with one attached hydrogen (secondary N) is 2. The minimum absolute atomic E-state index is 0. The molecule has 4 saturated heterocycles. The van der Waals surface area contributed by atoms with Crippen LogP contribution in [0.2, 0.25) is 0 Å². The number of urea groups is 2. The predicted octanol–water partition coefficient (Wildman–Crippen LogP) is 9.76. The van der Waals surface area contributed by atoms with Crippen molar-refractivity contribution in [1.82, 2.24) is 53.1 Å². The number of ether oxygens (including phenoxy) is 4. The number of carbonyl (C=O) groups excluding carboxylic acids is 10. The topological polar surface area (TPSA) is 578 Å². The van der Waals surface area contributed by atoms with Crippen LogP contribution in [0.1, 0.15) is 267 Å². The molecule has 3 aromatic rings. The Balaban J connectivity index is 0.000000413. The van der Waals surface area contributed by atoms with Crippen LogP contribution in [0.4, 0.5) is 9.59 Å². The zero-order valence-electron chi connectivity index (χ0n) is 78.6. The molecule has 6 amide bonds. The van der Waals surface area contributed by atoms with Crippen molar-refractivity contribution in [2.75, 3.05) is 46.1 Å². The van der Waals surface area contributed by atoms with Crippen molar-refractivity contribution in [3.8, 4) is 0 Å². The normalized spacial score (nSPS) is 25.9. The van der Waals surface area contributed by atoms with Gasteiger partial charge in [-0.3, -0.25) is 50.5 Å². The fourth-order valence-corrected chi connectivity index (χ4v) is 18.1. The lowest BCUT2D eigenvalue weighted by molar-refractivity contribution is -0.165. The molecule has 7 aliphatic carbocycles. The van der Waals surface area contributed by atoms with Gasteiger partial charge in [0, 0.05) is 105 Å². The number of ketones is 1. The highest BCUT2D eigenvalue weighted by Gasteiger charge is 2.51. The summed E-state index contributed by atoms with van der Waals surface area (Å²) in [6, 6.07) is 7.47. The van der Waals surface area contributed by atoms with Crippen LogP contribution in [-0.4, -0.2) is 202 Å². The van der Waals surface area contributed by atoms with Crippen LogP contribution in [0, 0.1) is 76.9 Å². The number of hydrogen-bond donors (Lipinski definition) is 8. The number of benzene rings is 1. The molecule has 0 radical (unpaired) electrons. The third-order valence-electron chi connectivity index (χ3n) is 24.3. The monoisotopic (exact) mass is 1980 g/mol. The minimum Gasteiger partial charge on any atom is -0.466 e. The maximum absolute atomic E-state index is 12.9. The highest BCUT2D eigenvalue weighted by atomic mass is 35.5. The van der Waals surface area contributed by atoms with Crippen molar-refractivity contribution >= 4 is 106 Å². The van der Waals surface area contributed by atoms with Gasteiger partial charge in [-0.25, -0.2) is 39.4 Å². The van der Waals surface area contributed by atoms with E-state index in [-0.39, 0.29) is 97.7 Å². The van der Waals surface area contributed by atoms with Crippen LogP contribution in [0.25, 0.3) is 0 Å². The molecule has 0 spiro atoms. The summed E-state index contributed by atoms with van der Waals surface area (Å²) in [5.41, 5.74) is 4.92. The lowest BCUT2D eigenvalue weighted by Gasteiger charge is -2.35. The van der Waals surface area contributed by atoms with Gasteiger partial charge in [0.25, 0.3) is 0 Å². The second-order valence-corrected chi connectivity index (χ2v) is 38.9. The molecular weight excluding hydrogens is 1830 g/mol. The average Bonchev–Trinajstić information content (AvgIpc) is 1.62. The zero-order valence-corrected chi connectivity index (χ0v) is 81.7. The lowest BCUT2D eigenvalue weighted by Crippen LogP contribution is -2.50.